The van der Waals surface area contributed by atoms with Crippen molar-refractivity contribution in [1.82, 2.24) is 9.36 Å². The molecular weight excluding hydrogens is 318 g/mol. The van der Waals surface area contributed by atoms with Gasteiger partial charge < -0.3 is 5.73 Å². The van der Waals surface area contributed by atoms with E-state index in [0.29, 0.717) is 0 Å². The van der Waals surface area contributed by atoms with E-state index in [1.165, 1.54) is 22.0 Å². The number of halogens is 1. The Labute approximate surface area is 117 Å². The molecule has 0 radical (unpaired) electrons. The fraction of sp³-hybridized carbons (Fsp3) is 0.273. The van der Waals surface area contributed by atoms with Gasteiger partial charge in [-0.15, -0.1) is 0 Å². The van der Waals surface area contributed by atoms with Gasteiger partial charge in [-0.3, -0.25) is 0 Å². The highest BCUT2D eigenvalue weighted by atomic mass is 79.9. The van der Waals surface area contributed by atoms with Crippen molar-refractivity contribution in [2.75, 3.05) is 0 Å². The molecule has 0 spiro atoms. The van der Waals surface area contributed by atoms with Crippen LogP contribution in [0.15, 0.2) is 38.2 Å². The zero-order chi connectivity index (χ0) is 12.3. The second-order valence-electron chi connectivity index (χ2n) is 3.74. The van der Waals surface area contributed by atoms with Gasteiger partial charge in [0.2, 0.25) is 0 Å². The SMILES string of the molecule is CC(N)Cc1ccc(Br)cc1Sc1ncns1. The summed E-state index contributed by atoms with van der Waals surface area (Å²) in [7, 11) is 0. The zero-order valence-corrected chi connectivity index (χ0v) is 12.5. The summed E-state index contributed by atoms with van der Waals surface area (Å²) in [6.45, 7) is 2.02. The van der Waals surface area contributed by atoms with E-state index < -0.39 is 0 Å². The molecule has 0 aliphatic heterocycles. The molecular formula is C11H12BrN3S2. The van der Waals surface area contributed by atoms with Crippen LogP contribution in [-0.2, 0) is 6.42 Å². The minimum Gasteiger partial charge on any atom is -0.328 e. The summed E-state index contributed by atoms with van der Waals surface area (Å²) in [6, 6.07) is 6.41. The summed E-state index contributed by atoms with van der Waals surface area (Å²) < 4.78 is 6.03. The van der Waals surface area contributed by atoms with Gasteiger partial charge >= 0.3 is 0 Å². The first-order chi connectivity index (χ1) is 8.15. The third-order valence-corrected chi connectivity index (χ3v) is 4.42. The maximum Gasteiger partial charge on any atom is 0.174 e. The van der Waals surface area contributed by atoms with Gasteiger partial charge in [0.1, 0.15) is 6.33 Å². The highest BCUT2D eigenvalue weighted by Gasteiger charge is 2.09. The Morgan fingerprint density at radius 3 is 3.00 bits per heavy atom. The molecule has 0 aliphatic carbocycles. The van der Waals surface area contributed by atoms with Crippen molar-refractivity contribution < 1.29 is 0 Å². The van der Waals surface area contributed by atoms with Crippen LogP contribution in [-0.4, -0.2) is 15.4 Å². The molecule has 2 aromatic rings. The molecule has 1 heterocycles. The van der Waals surface area contributed by atoms with Crippen molar-refractivity contribution in [2.24, 2.45) is 5.73 Å². The van der Waals surface area contributed by atoms with E-state index >= 15 is 0 Å². The van der Waals surface area contributed by atoms with Crippen molar-refractivity contribution in [2.45, 2.75) is 28.6 Å². The van der Waals surface area contributed by atoms with Crippen LogP contribution in [0, 0.1) is 0 Å². The molecule has 1 aromatic carbocycles. The van der Waals surface area contributed by atoms with Gasteiger partial charge in [0.15, 0.2) is 4.34 Å². The van der Waals surface area contributed by atoms with E-state index in [4.69, 9.17) is 5.73 Å². The standard InChI is InChI=1S/C11H12BrN3S2/c1-7(13)4-8-2-3-9(12)5-10(8)16-11-14-6-15-17-11/h2-3,5-7H,4,13H2,1H3. The summed E-state index contributed by atoms with van der Waals surface area (Å²) in [4.78, 5) is 5.37. The van der Waals surface area contributed by atoms with Gasteiger partial charge in [0.05, 0.1) is 0 Å². The largest absolute Gasteiger partial charge is 0.328 e. The van der Waals surface area contributed by atoms with Gasteiger partial charge in [-0.25, -0.2) is 4.98 Å². The smallest absolute Gasteiger partial charge is 0.174 e. The topological polar surface area (TPSA) is 51.8 Å². The Hall–Kier alpha value is -0.430. The lowest BCUT2D eigenvalue weighted by molar-refractivity contribution is 0.729. The van der Waals surface area contributed by atoms with Crippen LogP contribution < -0.4 is 5.73 Å². The van der Waals surface area contributed by atoms with Crippen molar-refractivity contribution in [3.8, 4) is 0 Å². The molecule has 0 bridgehead atoms. The van der Waals surface area contributed by atoms with Crippen LogP contribution in [0.4, 0.5) is 0 Å². The van der Waals surface area contributed by atoms with Crippen LogP contribution in [0.25, 0.3) is 0 Å². The van der Waals surface area contributed by atoms with Crippen LogP contribution in [0.1, 0.15) is 12.5 Å². The second kappa shape index (κ2) is 5.95. The minimum atomic E-state index is 0.157. The molecule has 2 N–H and O–H groups in total. The van der Waals surface area contributed by atoms with Crippen LogP contribution >= 0.6 is 39.2 Å². The van der Waals surface area contributed by atoms with Crippen LogP contribution in [0.5, 0.6) is 0 Å². The molecule has 2 rings (SSSR count). The summed E-state index contributed by atoms with van der Waals surface area (Å²) in [5, 5.41) is 0. The number of rotatable bonds is 4. The van der Waals surface area contributed by atoms with Gasteiger partial charge in [-0.05, 0) is 42.6 Å². The summed E-state index contributed by atoms with van der Waals surface area (Å²) in [5.41, 5.74) is 7.11. The minimum absolute atomic E-state index is 0.157. The quantitative estimate of drug-likeness (QED) is 0.934. The third kappa shape index (κ3) is 3.77. The molecule has 0 aliphatic rings. The number of benzene rings is 1. The van der Waals surface area contributed by atoms with E-state index in [2.05, 4.69) is 37.4 Å². The summed E-state index contributed by atoms with van der Waals surface area (Å²) in [6.07, 6.45) is 2.45. The van der Waals surface area contributed by atoms with Crippen LogP contribution in [0.2, 0.25) is 0 Å². The average Bonchev–Trinajstić information content (AvgIpc) is 2.74. The number of hydrogen-bond acceptors (Lipinski definition) is 5. The first-order valence-electron chi connectivity index (χ1n) is 5.13. The monoisotopic (exact) mass is 329 g/mol. The van der Waals surface area contributed by atoms with E-state index in [1.807, 2.05) is 13.0 Å². The zero-order valence-electron chi connectivity index (χ0n) is 9.26. The Bertz CT molecular complexity index is 485. The Morgan fingerprint density at radius 1 is 1.53 bits per heavy atom. The molecule has 1 aromatic heterocycles. The predicted molar refractivity (Wildman–Crippen MR) is 75.5 cm³/mol. The first kappa shape index (κ1) is 13.0. The number of hydrogen-bond donors (Lipinski definition) is 1. The van der Waals surface area contributed by atoms with Crippen molar-refractivity contribution in [1.29, 1.82) is 0 Å². The Morgan fingerprint density at radius 2 is 2.35 bits per heavy atom. The predicted octanol–water partition coefficient (Wildman–Crippen LogP) is 3.34. The average molecular weight is 330 g/mol. The molecule has 17 heavy (non-hydrogen) atoms. The second-order valence-corrected chi connectivity index (χ2v) is 6.73. The molecule has 90 valence electrons. The fourth-order valence-corrected chi connectivity index (χ4v) is 3.54. The molecule has 3 nitrogen and oxygen atoms in total. The molecule has 1 atom stereocenters. The lowest BCUT2D eigenvalue weighted by Crippen LogP contribution is -2.18. The normalized spacial score (nSPS) is 12.6. The van der Waals surface area contributed by atoms with E-state index in [0.717, 1.165) is 15.2 Å². The molecule has 1 unspecified atom stereocenters. The highest BCUT2D eigenvalue weighted by Crippen LogP contribution is 2.33. The van der Waals surface area contributed by atoms with Crippen molar-refractivity contribution in [3.63, 3.8) is 0 Å². The third-order valence-electron chi connectivity index (χ3n) is 2.11. The van der Waals surface area contributed by atoms with Crippen molar-refractivity contribution in [3.05, 3.63) is 34.6 Å². The van der Waals surface area contributed by atoms with E-state index in [1.54, 1.807) is 18.1 Å². The van der Waals surface area contributed by atoms with Crippen molar-refractivity contribution >= 4 is 39.2 Å². The lowest BCUT2D eigenvalue weighted by Gasteiger charge is -2.10. The molecule has 0 amide bonds. The Balaban J connectivity index is 2.26. The molecule has 0 saturated carbocycles. The van der Waals surface area contributed by atoms with E-state index in [9.17, 15) is 0 Å². The maximum atomic E-state index is 5.86. The highest BCUT2D eigenvalue weighted by molar-refractivity contribution is 9.10. The van der Waals surface area contributed by atoms with Crippen LogP contribution in [0.3, 0.4) is 0 Å². The molecule has 0 fully saturated rings. The van der Waals surface area contributed by atoms with Gasteiger partial charge in [0.25, 0.3) is 0 Å². The molecule has 6 heteroatoms. The number of nitrogens with two attached hydrogens (primary N) is 1. The summed E-state index contributed by atoms with van der Waals surface area (Å²) in [5.74, 6) is 0. The van der Waals surface area contributed by atoms with E-state index in [-0.39, 0.29) is 6.04 Å². The first-order valence-corrected chi connectivity index (χ1v) is 7.52. The van der Waals surface area contributed by atoms with Gasteiger partial charge in [-0.2, -0.15) is 4.37 Å². The van der Waals surface area contributed by atoms with Gasteiger partial charge in [0, 0.05) is 15.4 Å². The molecule has 0 saturated heterocycles. The fourth-order valence-electron chi connectivity index (χ4n) is 1.44. The Kier molecular flexibility index (Phi) is 4.55. The lowest BCUT2D eigenvalue weighted by atomic mass is 10.1. The maximum absolute atomic E-state index is 5.86. The summed E-state index contributed by atoms with van der Waals surface area (Å²) >= 11 is 6.53. The number of nitrogens with zero attached hydrogens (tertiary/aromatic N) is 2. The number of aromatic nitrogens is 2. The van der Waals surface area contributed by atoms with Gasteiger partial charge in [-0.1, -0.05) is 33.8 Å².